The van der Waals surface area contributed by atoms with Crippen LogP contribution in [0, 0.1) is 10.1 Å². The topological polar surface area (TPSA) is 86.2 Å². The van der Waals surface area contributed by atoms with Crippen molar-refractivity contribution in [2.24, 2.45) is 5.73 Å². The van der Waals surface area contributed by atoms with Crippen molar-refractivity contribution >= 4 is 16.5 Å². The van der Waals surface area contributed by atoms with Crippen LogP contribution < -0.4 is 5.73 Å². The van der Waals surface area contributed by atoms with E-state index in [1.54, 1.807) is 12.1 Å². The van der Waals surface area contributed by atoms with E-state index in [4.69, 9.17) is 5.73 Å². The first-order valence-electron chi connectivity index (χ1n) is 4.85. The van der Waals surface area contributed by atoms with Crippen LogP contribution in [0.2, 0.25) is 0 Å². The van der Waals surface area contributed by atoms with Gasteiger partial charge >= 0.3 is 0 Å². The molecule has 1 aromatic rings. The first-order chi connectivity index (χ1) is 7.54. The summed E-state index contributed by atoms with van der Waals surface area (Å²) >= 11 is 0. The van der Waals surface area contributed by atoms with E-state index in [0.29, 0.717) is 12.3 Å². The van der Waals surface area contributed by atoms with Crippen molar-refractivity contribution in [3.63, 3.8) is 0 Å². The van der Waals surface area contributed by atoms with Gasteiger partial charge in [0.1, 0.15) is 0 Å². The van der Waals surface area contributed by atoms with Crippen LogP contribution in [-0.2, 0) is 16.6 Å². The number of hydrogen-bond acceptors (Lipinski definition) is 4. The van der Waals surface area contributed by atoms with Crippen molar-refractivity contribution in [3.05, 3.63) is 39.9 Å². The number of nitrogens with two attached hydrogens (primary N) is 1. The highest BCUT2D eigenvalue weighted by atomic mass is 32.2. The van der Waals surface area contributed by atoms with Crippen LogP contribution in [0.3, 0.4) is 0 Å². The number of hydrogen-bond donors (Lipinski definition) is 1. The molecule has 16 heavy (non-hydrogen) atoms. The van der Waals surface area contributed by atoms with Gasteiger partial charge in [-0.25, -0.2) is 0 Å². The summed E-state index contributed by atoms with van der Waals surface area (Å²) in [5.74, 6) is 0.385. The van der Waals surface area contributed by atoms with Gasteiger partial charge in [-0.05, 0) is 12.5 Å². The molecule has 2 N–H and O–H groups in total. The van der Waals surface area contributed by atoms with Gasteiger partial charge in [0.05, 0.1) is 4.92 Å². The quantitative estimate of drug-likeness (QED) is 0.620. The average Bonchev–Trinajstić information content (AvgIpc) is 2.28. The normalized spacial score (nSPS) is 14.4. The van der Waals surface area contributed by atoms with Crippen molar-refractivity contribution in [3.8, 4) is 0 Å². The minimum Gasteiger partial charge on any atom is -0.329 e. The van der Waals surface area contributed by atoms with Crippen molar-refractivity contribution in [2.75, 3.05) is 6.54 Å². The number of nitro groups is 1. The molecule has 0 spiro atoms. The predicted octanol–water partition coefficient (Wildman–Crippen LogP) is 1.19. The summed E-state index contributed by atoms with van der Waals surface area (Å²) < 4.78 is 11.7. The molecule has 1 rings (SSSR count). The number of rotatable bonds is 5. The summed E-state index contributed by atoms with van der Waals surface area (Å²) in [4.78, 5) is 9.96. The number of non-ortho nitro benzene ring substituents is 1. The van der Waals surface area contributed by atoms with Crippen LogP contribution >= 0.6 is 0 Å². The summed E-state index contributed by atoms with van der Waals surface area (Å²) in [5, 5.41) is 10.4. The predicted molar refractivity (Wildman–Crippen MR) is 63.5 cm³/mol. The van der Waals surface area contributed by atoms with Crippen molar-refractivity contribution in [1.29, 1.82) is 0 Å². The minimum absolute atomic E-state index is 0.0430. The third kappa shape index (κ3) is 3.39. The first-order valence-corrected chi connectivity index (χ1v) is 6.23. The average molecular weight is 242 g/mol. The van der Waals surface area contributed by atoms with Gasteiger partial charge in [0, 0.05) is 40.5 Å². The Bertz CT molecular complexity index is 392. The molecule has 1 aromatic carbocycles. The second kappa shape index (κ2) is 5.72. The molecule has 0 radical (unpaired) electrons. The standard InChI is InChI=1S/C10H14N2O3S/c1-8(6-11)16(15)7-9-2-4-10(5-3-9)12(13)14/h2-5,8H,6-7,11H2,1H3. The molecule has 0 bridgehead atoms. The molecule has 0 aliphatic heterocycles. The molecule has 0 saturated carbocycles. The van der Waals surface area contributed by atoms with E-state index in [0.717, 1.165) is 5.56 Å². The zero-order chi connectivity index (χ0) is 12.1. The Morgan fingerprint density at radius 2 is 2.00 bits per heavy atom. The Balaban J connectivity index is 2.69. The van der Waals surface area contributed by atoms with E-state index in [9.17, 15) is 14.3 Å². The molecule has 0 aliphatic carbocycles. The molecular formula is C10H14N2O3S. The SMILES string of the molecule is CC(CN)S(=O)Cc1ccc([N+](=O)[O-])cc1. The van der Waals surface area contributed by atoms with Crippen molar-refractivity contribution in [2.45, 2.75) is 17.9 Å². The van der Waals surface area contributed by atoms with Gasteiger partial charge in [-0.1, -0.05) is 12.1 Å². The molecule has 0 saturated heterocycles. The molecule has 0 aromatic heterocycles. The minimum atomic E-state index is -1.03. The maximum Gasteiger partial charge on any atom is 0.269 e. The maximum atomic E-state index is 11.7. The summed E-state index contributed by atoms with van der Waals surface area (Å²) in [6.45, 7) is 2.20. The van der Waals surface area contributed by atoms with E-state index < -0.39 is 15.7 Å². The summed E-state index contributed by atoms with van der Waals surface area (Å²) in [6.07, 6.45) is 0. The van der Waals surface area contributed by atoms with E-state index in [-0.39, 0.29) is 10.9 Å². The lowest BCUT2D eigenvalue weighted by Gasteiger charge is -2.08. The van der Waals surface area contributed by atoms with E-state index in [2.05, 4.69) is 0 Å². The lowest BCUT2D eigenvalue weighted by Crippen LogP contribution is -2.22. The molecule has 6 heteroatoms. The largest absolute Gasteiger partial charge is 0.329 e. The second-order valence-electron chi connectivity index (χ2n) is 3.49. The third-order valence-electron chi connectivity index (χ3n) is 2.24. The van der Waals surface area contributed by atoms with Crippen LogP contribution in [0.4, 0.5) is 5.69 Å². The number of nitrogens with zero attached hydrogens (tertiary/aromatic N) is 1. The molecule has 0 aliphatic rings. The molecule has 0 heterocycles. The highest BCUT2D eigenvalue weighted by Gasteiger charge is 2.10. The monoisotopic (exact) mass is 242 g/mol. The Morgan fingerprint density at radius 3 is 2.44 bits per heavy atom. The maximum absolute atomic E-state index is 11.7. The molecule has 0 fully saturated rings. The third-order valence-corrected chi connectivity index (χ3v) is 3.94. The first kappa shape index (κ1) is 12.8. The van der Waals surface area contributed by atoms with Crippen molar-refractivity contribution < 1.29 is 9.13 Å². The Labute approximate surface area is 96.3 Å². The Hall–Kier alpha value is -1.27. The lowest BCUT2D eigenvalue weighted by atomic mass is 10.2. The van der Waals surface area contributed by atoms with Crippen LogP contribution in [0.1, 0.15) is 12.5 Å². The summed E-state index contributed by atoms with van der Waals surface area (Å²) in [5.41, 5.74) is 6.27. The van der Waals surface area contributed by atoms with Crippen LogP contribution in [-0.4, -0.2) is 20.9 Å². The van der Waals surface area contributed by atoms with Crippen LogP contribution in [0.5, 0.6) is 0 Å². The van der Waals surface area contributed by atoms with Gasteiger partial charge < -0.3 is 5.73 Å². The lowest BCUT2D eigenvalue weighted by molar-refractivity contribution is -0.384. The fourth-order valence-electron chi connectivity index (χ4n) is 1.13. The molecule has 88 valence electrons. The van der Waals surface area contributed by atoms with Crippen molar-refractivity contribution in [1.82, 2.24) is 0 Å². The van der Waals surface area contributed by atoms with Gasteiger partial charge in [0.2, 0.25) is 0 Å². The van der Waals surface area contributed by atoms with Gasteiger partial charge in [0.15, 0.2) is 0 Å². The summed E-state index contributed by atoms with van der Waals surface area (Å²) in [7, 11) is -1.03. The van der Waals surface area contributed by atoms with Gasteiger partial charge in [-0.3, -0.25) is 14.3 Å². The molecule has 2 atom stereocenters. The Morgan fingerprint density at radius 1 is 1.44 bits per heavy atom. The molecular weight excluding hydrogens is 228 g/mol. The van der Waals surface area contributed by atoms with Gasteiger partial charge in [0.25, 0.3) is 5.69 Å². The fraction of sp³-hybridized carbons (Fsp3) is 0.400. The Kier molecular flexibility index (Phi) is 4.57. The van der Waals surface area contributed by atoms with Crippen LogP contribution in [0.25, 0.3) is 0 Å². The highest BCUT2D eigenvalue weighted by Crippen LogP contribution is 2.14. The molecule has 5 nitrogen and oxygen atoms in total. The zero-order valence-corrected chi connectivity index (χ0v) is 9.78. The van der Waals surface area contributed by atoms with Gasteiger partial charge in [-0.2, -0.15) is 0 Å². The number of benzene rings is 1. The van der Waals surface area contributed by atoms with Crippen LogP contribution in [0.15, 0.2) is 24.3 Å². The fourth-order valence-corrected chi connectivity index (χ4v) is 2.15. The zero-order valence-electron chi connectivity index (χ0n) is 8.96. The number of nitro benzene ring substituents is 1. The highest BCUT2D eigenvalue weighted by molar-refractivity contribution is 7.84. The molecule has 0 amide bonds. The summed E-state index contributed by atoms with van der Waals surface area (Å²) in [6, 6.07) is 6.08. The van der Waals surface area contributed by atoms with Gasteiger partial charge in [-0.15, -0.1) is 0 Å². The smallest absolute Gasteiger partial charge is 0.269 e. The van der Waals surface area contributed by atoms with E-state index >= 15 is 0 Å². The second-order valence-corrected chi connectivity index (χ2v) is 5.35. The molecule has 2 unspecified atom stereocenters. The van der Waals surface area contributed by atoms with E-state index in [1.807, 2.05) is 6.92 Å². The van der Waals surface area contributed by atoms with E-state index in [1.165, 1.54) is 12.1 Å².